The van der Waals surface area contributed by atoms with Crippen LogP contribution < -0.4 is 15.1 Å². The average Bonchev–Trinajstić information content (AvgIpc) is 3.18. The molecule has 33 heavy (non-hydrogen) atoms. The summed E-state index contributed by atoms with van der Waals surface area (Å²) in [5, 5.41) is 10.0. The predicted octanol–water partition coefficient (Wildman–Crippen LogP) is 5.01. The molecular weight excluding hydrogens is 442 g/mol. The van der Waals surface area contributed by atoms with Gasteiger partial charge in [0.15, 0.2) is 0 Å². The molecule has 0 saturated heterocycles. The Kier molecular flexibility index (Phi) is 5.64. The SMILES string of the molecule is Cc1ccc2c(c1)C(Cl)=C(Cn1cc(COc3ccc4c(C)cc(=O)oc4c3)nn1)CCO2. The first-order chi connectivity index (χ1) is 16.0. The van der Waals surface area contributed by atoms with Crippen LogP contribution in [-0.2, 0) is 13.2 Å². The highest BCUT2D eigenvalue weighted by Gasteiger charge is 2.18. The minimum atomic E-state index is -0.380. The lowest BCUT2D eigenvalue weighted by Crippen LogP contribution is -2.05. The quantitative estimate of drug-likeness (QED) is 0.387. The second-order valence-corrected chi connectivity index (χ2v) is 8.50. The van der Waals surface area contributed by atoms with Crippen molar-refractivity contribution in [2.24, 2.45) is 0 Å². The van der Waals surface area contributed by atoms with Gasteiger partial charge in [-0.2, -0.15) is 0 Å². The third kappa shape index (κ3) is 4.50. The summed E-state index contributed by atoms with van der Waals surface area (Å²) < 4.78 is 18.7. The average molecular weight is 464 g/mol. The van der Waals surface area contributed by atoms with E-state index in [0.29, 0.717) is 41.6 Å². The van der Waals surface area contributed by atoms with E-state index in [-0.39, 0.29) is 12.2 Å². The molecule has 0 spiro atoms. The van der Waals surface area contributed by atoms with Crippen molar-refractivity contribution in [3.63, 3.8) is 0 Å². The highest BCUT2D eigenvalue weighted by molar-refractivity contribution is 6.49. The van der Waals surface area contributed by atoms with Crippen LogP contribution in [0.3, 0.4) is 0 Å². The molecule has 0 bridgehead atoms. The third-order valence-electron chi connectivity index (χ3n) is 5.59. The molecule has 0 aliphatic carbocycles. The summed E-state index contributed by atoms with van der Waals surface area (Å²) in [6.45, 7) is 5.22. The Balaban J connectivity index is 1.30. The Morgan fingerprint density at radius 3 is 2.91 bits per heavy atom. The Labute approximate surface area is 195 Å². The zero-order valence-corrected chi connectivity index (χ0v) is 19.1. The minimum absolute atomic E-state index is 0.236. The minimum Gasteiger partial charge on any atom is -0.493 e. The number of nitrogens with zero attached hydrogens (tertiary/aromatic N) is 3. The Hall–Kier alpha value is -3.58. The normalized spacial score (nSPS) is 13.5. The number of aryl methyl sites for hydroxylation is 2. The first-order valence-corrected chi connectivity index (χ1v) is 11.0. The van der Waals surface area contributed by atoms with Crippen LogP contribution in [0.1, 0.15) is 28.8 Å². The van der Waals surface area contributed by atoms with Gasteiger partial charge in [0, 0.05) is 29.5 Å². The second-order valence-electron chi connectivity index (χ2n) is 8.12. The number of halogens is 1. The fraction of sp³-hybridized carbons (Fsp3) is 0.240. The largest absolute Gasteiger partial charge is 0.493 e. The van der Waals surface area contributed by atoms with Crippen LogP contribution in [0, 0.1) is 13.8 Å². The van der Waals surface area contributed by atoms with Crippen molar-refractivity contribution in [2.75, 3.05) is 6.61 Å². The molecule has 0 saturated carbocycles. The van der Waals surface area contributed by atoms with Gasteiger partial charge >= 0.3 is 5.63 Å². The van der Waals surface area contributed by atoms with Crippen LogP contribution in [0.2, 0.25) is 0 Å². The molecule has 3 heterocycles. The fourth-order valence-corrected chi connectivity index (χ4v) is 4.21. The van der Waals surface area contributed by atoms with Crippen molar-refractivity contribution < 1.29 is 13.9 Å². The summed E-state index contributed by atoms with van der Waals surface area (Å²) in [6.07, 6.45) is 2.55. The number of benzene rings is 2. The van der Waals surface area contributed by atoms with Crippen LogP contribution in [0.15, 0.2) is 63.4 Å². The molecule has 4 aromatic rings. The molecule has 5 rings (SSSR count). The zero-order chi connectivity index (χ0) is 22.9. The Morgan fingerprint density at radius 1 is 1.15 bits per heavy atom. The van der Waals surface area contributed by atoms with E-state index in [1.165, 1.54) is 6.07 Å². The van der Waals surface area contributed by atoms with Gasteiger partial charge in [-0.05, 0) is 49.2 Å². The van der Waals surface area contributed by atoms with Crippen molar-refractivity contribution in [3.05, 3.63) is 87.0 Å². The summed E-state index contributed by atoms with van der Waals surface area (Å²) in [7, 11) is 0. The van der Waals surface area contributed by atoms with E-state index >= 15 is 0 Å². The van der Waals surface area contributed by atoms with E-state index in [1.807, 2.05) is 50.4 Å². The first kappa shape index (κ1) is 21.3. The monoisotopic (exact) mass is 463 g/mol. The second kappa shape index (κ2) is 8.75. The molecule has 0 amide bonds. The van der Waals surface area contributed by atoms with Gasteiger partial charge in [-0.1, -0.05) is 28.4 Å². The standard InChI is InChI=1S/C25H22ClN3O4/c1-15-3-6-22-21(9-15)25(26)17(7-8-31-22)12-29-13-18(27-28-29)14-32-19-4-5-20-16(2)10-24(30)33-23(20)11-19/h3-6,9-11,13H,7-8,12,14H2,1-2H3. The van der Waals surface area contributed by atoms with Gasteiger partial charge in [-0.3, -0.25) is 0 Å². The van der Waals surface area contributed by atoms with Gasteiger partial charge in [0.2, 0.25) is 0 Å². The van der Waals surface area contributed by atoms with Crippen LogP contribution in [0.4, 0.5) is 0 Å². The highest BCUT2D eigenvalue weighted by atomic mass is 35.5. The lowest BCUT2D eigenvalue weighted by molar-refractivity contribution is 0.301. The smallest absolute Gasteiger partial charge is 0.336 e. The zero-order valence-electron chi connectivity index (χ0n) is 18.3. The molecular formula is C25H22ClN3O4. The molecule has 7 nitrogen and oxygen atoms in total. The van der Waals surface area contributed by atoms with Gasteiger partial charge in [0.1, 0.15) is 29.4 Å². The molecule has 0 unspecified atom stereocenters. The predicted molar refractivity (Wildman–Crippen MR) is 126 cm³/mol. The Morgan fingerprint density at radius 2 is 2.03 bits per heavy atom. The van der Waals surface area contributed by atoms with Crippen molar-refractivity contribution in [1.82, 2.24) is 15.0 Å². The molecule has 8 heteroatoms. The molecule has 1 aliphatic rings. The molecule has 1 aliphatic heterocycles. The lowest BCUT2D eigenvalue weighted by Gasteiger charge is -2.09. The van der Waals surface area contributed by atoms with E-state index < -0.39 is 0 Å². The van der Waals surface area contributed by atoms with Crippen molar-refractivity contribution in [2.45, 2.75) is 33.4 Å². The summed E-state index contributed by atoms with van der Waals surface area (Å²) >= 11 is 6.74. The topological polar surface area (TPSA) is 79.4 Å². The van der Waals surface area contributed by atoms with E-state index in [4.69, 9.17) is 25.5 Å². The van der Waals surface area contributed by atoms with Crippen molar-refractivity contribution >= 4 is 27.6 Å². The van der Waals surface area contributed by atoms with E-state index in [1.54, 1.807) is 10.7 Å². The van der Waals surface area contributed by atoms with Crippen LogP contribution >= 0.6 is 11.6 Å². The van der Waals surface area contributed by atoms with E-state index in [0.717, 1.165) is 33.4 Å². The third-order valence-corrected chi connectivity index (χ3v) is 6.06. The molecule has 2 aromatic carbocycles. The number of rotatable bonds is 5. The van der Waals surface area contributed by atoms with Crippen LogP contribution in [-0.4, -0.2) is 21.6 Å². The molecule has 0 radical (unpaired) electrons. The summed E-state index contributed by atoms with van der Waals surface area (Å²) in [5.74, 6) is 1.39. The number of fused-ring (bicyclic) bond motifs is 2. The number of aromatic nitrogens is 3. The molecule has 0 atom stereocenters. The van der Waals surface area contributed by atoms with Crippen LogP contribution in [0.25, 0.3) is 16.0 Å². The van der Waals surface area contributed by atoms with Gasteiger partial charge in [-0.25, -0.2) is 9.48 Å². The maximum Gasteiger partial charge on any atom is 0.336 e. The van der Waals surface area contributed by atoms with Gasteiger partial charge in [-0.15, -0.1) is 5.10 Å². The fourth-order valence-electron chi connectivity index (χ4n) is 3.90. The maximum absolute atomic E-state index is 11.6. The van der Waals surface area contributed by atoms with E-state index in [2.05, 4.69) is 10.3 Å². The van der Waals surface area contributed by atoms with Crippen LogP contribution in [0.5, 0.6) is 11.5 Å². The number of ether oxygens (including phenoxy) is 2. The molecule has 0 N–H and O–H groups in total. The summed E-state index contributed by atoms with van der Waals surface area (Å²) in [5.41, 5.74) is 4.73. The number of hydrogen-bond acceptors (Lipinski definition) is 6. The summed E-state index contributed by atoms with van der Waals surface area (Å²) in [6, 6.07) is 12.9. The van der Waals surface area contributed by atoms with E-state index in [9.17, 15) is 4.79 Å². The molecule has 168 valence electrons. The first-order valence-electron chi connectivity index (χ1n) is 10.6. The maximum atomic E-state index is 11.6. The molecule has 2 aromatic heterocycles. The number of hydrogen-bond donors (Lipinski definition) is 0. The van der Waals surface area contributed by atoms with Crippen molar-refractivity contribution in [1.29, 1.82) is 0 Å². The van der Waals surface area contributed by atoms with Gasteiger partial charge < -0.3 is 13.9 Å². The Bertz CT molecular complexity index is 1440. The van der Waals surface area contributed by atoms with Gasteiger partial charge in [0.25, 0.3) is 0 Å². The summed E-state index contributed by atoms with van der Waals surface area (Å²) in [4.78, 5) is 11.6. The lowest BCUT2D eigenvalue weighted by atomic mass is 10.1. The van der Waals surface area contributed by atoms with Crippen molar-refractivity contribution in [3.8, 4) is 11.5 Å². The highest BCUT2D eigenvalue weighted by Crippen LogP contribution is 2.36. The van der Waals surface area contributed by atoms with Gasteiger partial charge in [0.05, 0.1) is 24.4 Å². The molecule has 0 fully saturated rings.